The Labute approximate surface area is 136 Å². The molecule has 0 saturated carbocycles. The zero-order chi connectivity index (χ0) is 16.6. The SMILES string of the molecule is C/C=C\c1c(C)ccc(O)c1-c1cc(C)c2ccccc2c1O. The molecular formula is C21H20O2. The summed E-state index contributed by atoms with van der Waals surface area (Å²) >= 11 is 0. The summed E-state index contributed by atoms with van der Waals surface area (Å²) in [6.45, 7) is 5.97. The molecule has 0 radical (unpaired) electrons. The number of phenols is 2. The summed E-state index contributed by atoms with van der Waals surface area (Å²) in [5.41, 5.74) is 4.39. The summed E-state index contributed by atoms with van der Waals surface area (Å²) in [7, 11) is 0. The van der Waals surface area contributed by atoms with Gasteiger partial charge in [0, 0.05) is 16.5 Å². The summed E-state index contributed by atoms with van der Waals surface area (Å²) < 4.78 is 0. The summed E-state index contributed by atoms with van der Waals surface area (Å²) in [5, 5.41) is 23.1. The lowest BCUT2D eigenvalue weighted by atomic mass is 9.90. The van der Waals surface area contributed by atoms with Crippen LogP contribution in [0.4, 0.5) is 0 Å². The topological polar surface area (TPSA) is 40.5 Å². The van der Waals surface area contributed by atoms with Crippen LogP contribution in [0.5, 0.6) is 11.5 Å². The van der Waals surface area contributed by atoms with Crippen molar-refractivity contribution in [1.82, 2.24) is 0 Å². The molecule has 0 spiro atoms. The molecule has 0 aromatic heterocycles. The number of hydrogen-bond acceptors (Lipinski definition) is 2. The fourth-order valence-electron chi connectivity index (χ4n) is 3.11. The Morgan fingerprint density at radius 2 is 1.57 bits per heavy atom. The second-order valence-electron chi connectivity index (χ2n) is 5.83. The van der Waals surface area contributed by atoms with E-state index in [2.05, 4.69) is 0 Å². The normalized spacial score (nSPS) is 11.4. The van der Waals surface area contributed by atoms with Gasteiger partial charge in [0.1, 0.15) is 11.5 Å². The van der Waals surface area contributed by atoms with Gasteiger partial charge in [-0.25, -0.2) is 0 Å². The Morgan fingerprint density at radius 1 is 0.870 bits per heavy atom. The second-order valence-corrected chi connectivity index (χ2v) is 5.83. The molecule has 116 valence electrons. The highest BCUT2D eigenvalue weighted by Gasteiger charge is 2.17. The van der Waals surface area contributed by atoms with Crippen molar-refractivity contribution in [3.63, 3.8) is 0 Å². The first-order valence-electron chi connectivity index (χ1n) is 7.71. The highest BCUT2D eigenvalue weighted by molar-refractivity contribution is 5.99. The van der Waals surface area contributed by atoms with E-state index in [9.17, 15) is 10.2 Å². The fraction of sp³-hybridized carbons (Fsp3) is 0.143. The van der Waals surface area contributed by atoms with Gasteiger partial charge in [0.15, 0.2) is 0 Å². The maximum atomic E-state index is 10.8. The third-order valence-corrected chi connectivity index (χ3v) is 4.27. The van der Waals surface area contributed by atoms with Gasteiger partial charge in [-0.05, 0) is 55.0 Å². The summed E-state index contributed by atoms with van der Waals surface area (Å²) in [4.78, 5) is 0. The first-order valence-corrected chi connectivity index (χ1v) is 7.71. The van der Waals surface area contributed by atoms with Crippen LogP contribution in [0.3, 0.4) is 0 Å². The van der Waals surface area contributed by atoms with Crippen molar-refractivity contribution < 1.29 is 10.2 Å². The first-order chi connectivity index (χ1) is 11.0. The molecule has 0 aliphatic carbocycles. The number of allylic oxidation sites excluding steroid dienone is 1. The third kappa shape index (κ3) is 2.46. The Kier molecular flexibility index (Phi) is 3.83. The molecule has 3 rings (SSSR count). The lowest BCUT2D eigenvalue weighted by Gasteiger charge is -2.16. The molecule has 0 unspecified atom stereocenters. The minimum atomic E-state index is 0.175. The van der Waals surface area contributed by atoms with Crippen LogP contribution in [0.1, 0.15) is 23.6 Å². The van der Waals surface area contributed by atoms with E-state index in [0.29, 0.717) is 11.1 Å². The van der Waals surface area contributed by atoms with Crippen molar-refractivity contribution in [2.24, 2.45) is 0 Å². The number of phenolic OH excluding ortho intramolecular Hbond substituents is 2. The molecule has 0 bridgehead atoms. The van der Waals surface area contributed by atoms with Gasteiger partial charge in [-0.2, -0.15) is 0 Å². The molecule has 2 N–H and O–H groups in total. The monoisotopic (exact) mass is 304 g/mol. The standard InChI is InChI=1S/C21H20O2/c1-4-7-16-13(2)10-11-19(22)20(16)18-12-14(3)15-8-5-6-9-17(15)21(18)23/h4-12,22-23H,1-3H3/b7-4-. The number of rotatable bonds is 2. The fourth-order valence-corrected chi connectivity index (χ4v) is 3.11. The van der Waals surface area contributed by atoms with E-state index in [1.54, 1.807) is 6.07 Å². The highest BCUT2D eigenvalue weighted by Crippen LogP contribution is 2.44. The van der Waals surface area contributed by atoms with Gasteiger partial charge in [-0.15, -0.1) is 0 Å². The van der Waals surface area contributed by atoms with Crippen LogP contribution in [0.2, 0.25) is 0 Å². The lowest BCUT2D eigenvalue weighted by molar-refractivity contribution is 0.471. The predicted molar refractivity (Wildman–Crippen MR) is 96.9 cm³/mol. The van der Waals surface area contributed by atoms with Crippen molar-refractivity contribution in [1.29, 1.82) is 0 Å². The number of fused-ring (bicyclic) bond motifs is 1. The largest absolute Gasteiger partial charge is 0.507 e. The van der Waals surface area contributed by atoms with Gasteiger partial charge >= 0.3 is 0 Å². The average molecular weight is 304 g/mol. The van der Waals surface area contributed by atoms with E-state index >= 15 is 0 Å². The number of aromatic hydroxyl groups is 2. The van der Waals surface area contributed by atoms with Crippen molar-refractivity contribution in [2.75, 3.05) is 0 Å². The molecule has 0 saturated heterocycles. The van der Waals surface area contributed by atoms with E-state index < -0.39 is 0 Å². The summed E-state index contributed by atoms with van der Waals surface area (Å²) in [6, 6.07) is 13.3. The maximum absolute atomic E-state index is 10.8. The van der Waals surface area contributed by atoms with Crippen LogP contribution < -0.4 is 0 Å². The molecule has 23 heavy (non-hydrogen) atoms. The number of benzene rings is 3. The van der Waals surface area contributed by atoms with Crippen molar-refractivity contribution in [3.05, 3.63) is 65.2 Å². The van der Waals surface area contributed by atoms with Crippen molar-refractivity contribution in [3.8, 4) is 22.6 Å². The van der Waals surface area contributed by atoms with Crippen LogP contribution in [0.15, 0.2) is 48.5 Å². The minimum absolute atomic E-state index is 0.175. The minimum Gasteiger partial charge on any atom is -0.507 e. The number of hydrogen-bond donors (Lipinski definition) is 2. The molecule has 3 aromatic carbocycles. The quantitative estimate of drug-likeness (QED) is 0.650. The van der Waals surface area contributed by atoms with E-state index in [-0.39, 0.29) is 11.5 Å². The summed E-state index contributed by atoms with van der Waals surface area (Å²) in [6.07, 6.45) is 3.91. The zero-order valence-corrected chi connectivity index (χ0v) is 13.6. The molecule has 0 fully saturated rings. The van der Waals surface area contributed by atoms with Crippen molar-refractivity contribution >= 4 is 16.8 Å². The summed E-state index contributed by atoms with van der Waals surface area (Å²) in [5.74, 6) is 0.381. The molecule has 0 heterocycles. The van der Waals surface area contributed by atoms with Crippen LogP contribution in [0, 0.1) is 13.8 Å². The number of aryl methyl sites for hydroxylation is 2. The third-order valence-electron chi connectivity index (χ3n) is 4.27. The molecular weight excluding hydrogens is 284 g/mol. The van der Waals surface area contributed by atoms with Gasteiger partial charge in [0.2, 0.25) is 0 Å². The molecule has 0 amide bonds. The van der Waals surface area contributed by atoms with Crippen LogP contribution in [-0.4, -0.2) is 10.2 Å². The molecule has 0 aliphatic rings. The maximum Gasteiger partial charge on any atom is 0.131 e. The molecule has 0 atom stereocenters. The molecule has 3 aromatic rings. The van der Waals surface area contributed by atoms with Crippen LogP contribution in [-0.2, 0) is 0 Å². The predicted octanol–water partition coefficient (Wildman–Crippen LogP) is 5.57. The Balaban J connectivity index is 2.43. The smallest absolute Gasteiger partial charge is 0.131 e. The van der Waals surface area contributed by atoms with Crippen LogP contribution in [0.25, 0.3) is 28.0 Å². The average Bonchev–Trinajstić information content (AvgIpc) is 2.55. The highest BCUT2D eigenvalue weighted by atomic mass is 16.3. The molecule has 2 heteroatoms. The van der Waals surface area contributed by atoms with Gasteiger partial charge in [0.25, 0.3) is 0 Å². The van der Waals surface area contributed by atoms with E-state index in [1.165, 1.54) is 0 Å². The Bertz CT molecular complexity index is 921. The molecule has 2 nitrogen and oxygen atoms in total. The van der Waals surface area contributed by atoms with E-state index in [4.69, 9.17) is 0 Å². The van der Waals surface area contributed by atoms with Gasteiger partial charge in [-0.1, -0.05) is 42.5 Å². The van der Waals surface area contributed by atoms with E-state index in [1.807, 2.05) is 69.3 Å². The van der Waals surface area contributed by atoms with Crippen LogP contribution >= 0.6 is 0 Å². The lowest BCUT2D eigenvalue weighted by Crippen LogP contribution is -1.91. The zero-order valence-electron chi connectivity index (χ0n) is 13.6. The van der Waals surface area contributed by atoms with Gasteiger partial charge < -0.3 is 10.2 Å². The Hall–Kier alpha value is -2.74. The molecule has 0 aliphatic heterocycles. The van der Waals surface area contributed by atoms with Gasteiger partial charge in [-0.3, -0.25) is 0 Å². The van der Waals surface area contributed by atoms with E-state index in [0.717, 1.165) is 27.5 Å². The first kappa shape index (κ1) is 15.2. The Morgan fingerprint density at radius 3 is 2.26 bits per heavy atom. The van der Waals surface area contributed by atoms with Crippen molar-refractivity contribution in [2.45, 2.75) is 20.8 Å². The second kappa shape index (κ2) is 5.81. The van der Waals surface area contributed by atoms with Gasteiger partial charge in [0.05, 0.1) is 0 Å².